The average Bonchev–Trinajstić information content (AvgIpc) is 3.66. The summed E-state index contributed by atoms with van der Waals surface area (Å²) in [5.74, 6) is 2.10. The van der Waals surface area contributed by atoms with E-state index in [9.17, 15) is 4.79 Å². The number of hydrogen-bond acceptors (Lipinski definition) is 9. The summed E-state index contributed by atoms with van der Waals surface area (Å²) >= 11 is 1.37. The van der Waals surface area contributed by atoms with Gasteiger partial charge in [-0.05, 0) is 60.7 Å². The van der Waals surface area contributed by atoms with Crippen LogP contribution >= 0.6 is 11.8 Å². The Balaban J connectivity index is 1.16. The van der Waals surface area contributed by atoms with Crippen LogP contribution in [0.4, 0.5) is 0 Å². The molecule has 0 saturated carbocycles. The first-order valence-electron chi connectivity index (χ1n) is 10.7. The number of benzene rings is 1. The zero-order valence-corrected chi connectivity index (χ0v) is 19.3. The first-order chi connectivity index (χ1) is 16.7. The van der Waals surface area contributed by atoms with Gasteiger partial charge in [0, 0.05) is 6.20 Å². The highest BCUT2D eigenvalue weighted by Crippen LogP contribution is 2.26. The van der Waals surface area contributed by atoms with Crippen LogP contribution in [0.25, 0.3) is 0 Å². The van der Waals surface area contributed by atoms with Crippen LogP contribution in [0, 0.1) is 0 Å². The van der Waals surface area contributed by atoms with E-state index >= 15 is 0 Å². The molecule has 34 heavy (non-hydrogen) atoms. The van der Waals surface area contributed by atoms with Crippen LogP contribution in [-0.4, -0.2) is 43.9 Å². The van der Waals surface area contributed by atoms with Gasteiger partial charge in [-0.15, -0.1) is 10.2 Å². The number of furan rings is 1. The molecule has 11 heteroatoms. The lowest BCUT2D eigenvalue weighted by Crippen LogP contribution is -2.04. The van der Waals surface area contributed by atoms with E-state index in [4.69, 9.17) is 9.15 Å². The number of aryl methyl sites for hydroxylation is 2. The SMILES string of the molecule is COC(=O)c1ccn(CSc2nncn2/N=C/c2ccc(COc3ccc4c(c3)CCC4)o2)n1. The van der Waals surface area contributed by atoms with Crippen LogP contribution in [0.5, 0.6) is 5.75 Å². The molecule has 0 bridgehead atoms. The summed E-state index contributed by atoms with van der Waals surface area (Å²) in [6.07, 6.45) is 8.28. The Morgan fingerprint density at radius 2 is 2.15 bits per heavy atom. The van der Waals surface area contributed by atoms with Crippen molar-refractivity contribution in [2.24, 2.45) is 5.10 Å². The lowest BCUT2D eigenvalue weighted by molar-refractivity contribution is 0.0593. The first-order valence-corrected chi connectivity index (χ1v) is 11.7. The van der Waals surface area contributed by atoms with Gasteiger partial charge in [0.15, 0.2) is 5.69 Å². The molecule has 0 unspecified atom stereocenters. The molecule has 0 aliphatic heterocycles. The summed E-state index contributed by atoms with van der Waals surface area (Å²) in [5, 5.41) is 17.1. The third-order valence-corrected chi connectivity index (χ3v) is 6.22. The van der Waals surface area contributed by atoms with Gasteiger partial charge < -0.3 is 13.9 Å². The number of fused-ring (bicyclic) bond motifs is 1. The van der Waals surface area contributed by atoms with E-state index < -0.39 is 5.97 Å². The van der Waals surface area contributed by atoms with Crippen molar-refractivity contribution in [2.75, 3.05) is 7.11 Å². The minimum absolute atomic E-state index is 0.247. The molecule has 1 aliphatic carbocycles. The van der Waals surface area contributed by atoms with Crippen molar-refractivity contribution in [3.8, 4) is 5.75 Å². The molecule has 3 aromatic heterocycles. The van der Waals surface area contributed by atoms with Crippen molar-refractivity contribution in [1.82, 2.24) is 24.7 Å². The molecule has 0 saturated heterocycles. The van der Waals surface area contributed by atoms with E-state index in [1.165, 1.54) is 42.7 Å². The second-order valence-corrected chi connectivity index (χ2v) is 8.50. The van der Waals surface area contributed by atoms with Crippen molar-refractivity contribution < 1.29 is 18.7 Å². The van der Waals surface area contributed by atoms with Gasteiger partial charge in [0.05, 0.1) is 19.2 Å². The van der Waals surface area contributed by atoms with Crippen molar-refractivity contribution in [1.29, 1.82) is 0 Å². The second-order valence-electron chi connectivity index (χ2n) is 7.58. The molecular formula is C23H22N6O4S. The van der Waals surface area contributed by atoms with Crippen LogP contribution in [0.15, 0.2) is 63.6 Å². The molecule has 5 rings (SSSR count). The zero-order chi connectivity index (χ0) is 23.3. The summed E-state index contributed by atoms with van der Waals surface area (Å²) in [5.41, 5.74) is 3.05. The van der Waals surface area contributed by atoms with Crippen LogP contribution in [0.2, 0.25) is 0 Å². The smallest absolute Gasteiger partial charge is 0.358 e. The Labute approximate surface area is 199 Å². The maximum Gasteiger partial charge on any atom is 0.358 e. The molecule has 4 aromatic rings. The van der Waals surface area contributed by atoms with Crippen LogP contribution < -0.4 is 4.74 Å². The van der Waals surface area contributed by atoms with Gasteiger partial charge in [0.1, 0.15) is 30.2 Å². The topological polar surface area (TPSA) is 110 Å². The first kappa shape index (κ1) is 22.0. The third kappa shape index (κ3) is 5.04. The van der Waals surface area contributed by atoms with Crippen molar-refractivity contribution in [3.63, 3.8) is 0 Å². The largest absolute Gasteiger partial charge is 0.486 e. The number of carbonyl (C=O) groups is 1. The lowest BCUT2D eigenvalue weighted by atomic mass is 10.1. The summed E-state index contributed by atoms with van der Waals surface area (Å²) in [6, 6.07) is 11.6. The number of rotatable bonds is 9. The fraction of sp³-hybridized carbons (Fsp3) is 0.261. The molecule has 3 heterocycles. The van der Waals surface area contributed by atoms with Crippen molar-refractivity contribution in [2.45, 2.75) is 36.9 Å². The number of methoxy groups -OCH3 is 1. The second kappa shape index (κ2) is 9.96. The zero-order valence-electron chi connectivity index (χ0n) is 18.5. The predicted octanol–water partition coefficient (Wildman–Crippen LogP) is 3.55. The number of thioether (sulfide) groups is 1. The van der Waals surface area contributed by atoms with E-state index in [1.54, 1.807) is 27.8 Å². The van der Waals surface area contributed by atoms with E-state index in [1.807, 2.05) is 18.2 Å². The molecule has 0 amide bonds. The van der Waals surface area contributed by atoms with Gasteiger partial charge in [-0.1, -0.05) is 17.8 Å². The summed E-state index contributed by atoms with van der Waals surface area (Å²) in [7, 11) is 1.32. The molecule has 0 spiro atoms. The van der Waals surface area contributed by atoms with Crippen molar-refractivity contribution >= 4 is 23.9 Å². The number of hydrogen-bond donors (Lipinski definition) is 0. The quantitative estimate of drug-likeness (QED) is 0.204. The molecule has 0 N–H and O–H groups in total. The monoisotopic (exact) mass is 478 g/mol. The van der Waals surface area contributed by atoms with Crippen LogP contribution in [-0.2, 0) is 30.1 Å². The van der Waals surface area contributed by atoms with E-state index in [-0.39, 0.29) is 5.69 Å². The highest BCUT2D eigenvalue weighted by Gasteiger charge is 2.12. The number of esters is 1. The third-order valence-electron chi connectivity index (χ3n) is 5.30. The van der Waals surface area contributed by atoms with Crippen LogP contribution in [0.1, 0.15) is 39.6 Å². The van der Waals surface area contributed by atoms with Gasteiger partial charge in [-0.25, -0.2) is 4.79 Å². The van der Waals surface area contributed by atoms with E-state index in [0.717, 1.165) is 18.6 Å². The molecular weight excluding hydrogens is 456 g/mol. The van der Waals surface area contributed by atoms with Gasteiger partial charge in [-0.3, -0.25) is 4.68 Å². The molecule has 1 aromatic carbocycles. The Hall–Kier alpha value is -3.86. The lowest BCUT2D eigenvalue weighted by Gasteiger charge is -2.06. The standard InChI is InChI=1S/C23H22N6O4S/c1-31-22(30)21-9-10-28(27-21)15-34-23-26-24-14-29(23)25-12-19-7-8-20(33-19)13-32-18-6-5-16-3-2-4-17(16)11-18/h5-12,14H,2-4,13,15H2,1H3/b25-12+. The van der Waals surface area contributed by atoms with E-state index in [2.05, 4.69) is 37.3 Å². The highest BCUT2D eigenvalue weighted by molar-refractivity contribution is 7.98. The minimum Gasteiger partial charge on any atom is -0.486 e. The van der Waals surface area contributed by atoms with Gasteiger partial charge >= 0.3 is 5.97 Å². The molecule has 0 radical (unpaired) electrons. The Morgan fingerprint density at radius 1 is 1.24 bits per heavy atom. The van der Waals surface area contributed by atoms with E-state index in [0.29, 0.717) is 29.2 Å². The Bertz CT molecular complexity index is 1320. The summed E-state index contributed by atoms with van der Waals surface area (Å²) < 4.78 is 19.5. The molecule has 0 fully saturated rings. The Kier molecular flexibility index (Phi) is 6.43. The predicted molar refractivity (Wildman–Crippen MR) is 124 cm³/mol. The van der Waals surface area contributed by atoms with Gasteiger partial charge in [0.25, 0.3) is 0 Å². The molecule has 174 valence electrons. The maximum atomic E-state index is 11.5. The normalized spacial score (nSPS) is 12.9. The summed E-state index contributed by atoms with van der Waals surface area (Å²) in [4.78, 5) is 11.5. The minimum atomic E-state index is -0.480. The number of aromatic nitrogens is 5. The van der Waals surface area contributed by atoms with Gasteiger partial charge in [-0.2, -0.15) is 14.9 Å². The van der Waals surface area contributed by atoms with Crippen LogP contribution in [0.3, 0.4) is 0 Å². The van der Waals surface area contributed by atoms with Crippen molar-refractivity contribution in [3.05, 3.63) is 77.3 Å². The number of ether oxygens (including phenoxy) is 2. The molecule has 1 aliphatic rings. The Morgan fingerprint density at radius 3 is 3.06 bits per heavy atom. The number of carbonyl (C=O) groups excluding carboxylic acids is 1. The number of nitrogens with zero attached hydrogens (tertiary/aromatic N) is 6. The fourth-order valence-corrected chi connectivity index (χ4v) is 4.34. The van der Waals surface area contributed by atoms with Gasteiger partial charge in [0.2, 0.25) is 5.16 Å². The fourth-order valence-electron chi connectivity index (χ4n) is 3.62. The maximum absolute atomic E-state index is 11.5. The molecule has 10 nitrogen and oxygen atoms in total. The highest BCUT2D eigenvalue weighted by atomic mass is 32.2. The average molecular weight is 479 g/mol. The summed E-state index contributed by atoms with van der Waals surface area (Å²) in [6.45, 7) is 0.345. The molecule has 0 atom stereocenters.